The summed E-state index contributed by atoms with van der Waals surface area (Å²) in [5.41, 5.74) is 2.79. The molecule has 195 valence electrons. The minimum absolute atomic E-state index is 0.606. The second-order valence-corrected chi connectivity index (χ2v) is 14.7. The fourth-order valence-electron chi connectivity index (χ4n) is 10.9. The molecular formula is C35H55. The highest BCUT2D eigenvalue weighted by Gasteiger charge is 2.60. The van der Waals surface area contributed by atoms with Gasteiger partial charge in [-0.25, -0.2) is 0 Å². The van der Waals surface area contributed by atoms with Crippen molar-refractivity contribution < 1.29 is 0 Å². The lowest BCUT2D eigenvalue weighted by Gasteiger charge is -2.61. The first-order valence-corrected chi connectivity index (χ1v) is 15.7. The molecule has 4 fully saturated rings. The average Bonchev–Trinajstić information content (AvgIpc) is 3.21. The van der Waals surface area contributed by atoms with Crippen LogP contribution in [0.4, 0.5) is 0 Å². The van der Waals surface area contributed by atoms with Crippen LogP contribution in [0.15, 0.2) is 24.3 Å². The van der Waals surface area contributed by atoms with Gasteiger partial charge in [0.1, 0.15) is 0 Å². The number of hydrogen-bond donors (Lipinski definition) is 0. The molecule has 0 spiro atoms. The summed E-state index contributed by atoms with van der Waals surface area (Å²) in [6.07, 6.45) is 17.8. The van der Waals surface area contributed by atoms with E-state index in [1.165, 1.54) is 77.0 Å². The number of benzene rings is 1. The van der Waals surface area contributed by atoms with Crippen molar-refractivity contribution in [3.8, 4) is 0 Å². The van der Waals surface area contributed by atoms with Crippen molar-refractivity contribution in [2.75, 3.05) is 0 Å². The van der Waals surface area contributed by atoms with E-state index in [4.69, 9.17) is 0 Å². The Balaban J connectivity index is 1.26. The van der Waals surface area contributed by atoms with Crippen molar-refractivity contribution in [1.29, 1.82) is 0 Å². The Morgan fingerprint density at radius 3 is 2.40 bits per heavy atom. The predicted molar refractivity (Wildman–Crippen MR) is 150 cm³/mol. The van der Waals surface area contributed by atoms with Gasteiger partial charge in [-0.1, -0.05) is 78.6 Å². The molecule has 35 heavy (non-hydrogen) atoms. The monoisotopic (exact) mass is 475 g/mol. The lowest BCUT2D eigenvalue weighted by molar-refractivity contribution is -0.117. The van der Waals surface area contributed by atoms with E-state index in [2.05, 4.69) is 71.9 Å². The number of hydrogen-bond acceptors (Lipinski definition) is 0. The van der Waals surface area contributed by atoms with Crippen molar-refractivity contribution in [1.82, 2.24) is 0 Å². The molecule has 4 aliphatic rings. The molecule has 1 radical (unpaired) electrons. The van der Waals surface area contributed by atoms with Crippen LogP contribution in [0.2, 0.25) is 0 Å². The molecule has 0 aromatic heterocycles. The minimum atomic E-state index is 0.606. The quantitative estimate of drug-likeness (QED) is 0.368. The summed E-state index contributed by atoms with van der Waals surface area (Å²) in [5, 5.41) is 0. The molecule has 4 aliphatic carbocycles. The van der Waals surface area contributed by atoms with Crippen LogP contribution in [-0.4, -0.2) is 0 Å². The van der Waals surface area contributed by atoms with Gasteiger partial charge in [0.05, 0.1) is 0 Å². The molecule has 5 rings (SSSR count). The third-order valence-electron chi connectivity index (χ3n) is 13.1. The second kappa shape index (κ2) is 10.2. The number of fused-ring (bicyclic) bond motifs is 5. The molecule has 5 unspecified atom stereocenters. The molecule has 4 saturated carbocycles. The van der Waals surface area contributed by atoms with E-state index in [9.17, 15) is 0 Å². The fraction of sp³-hybridized carbons (Fsp3) is 0.829. The first kappa shape index (κ1) is 25.9. The second-order valence-electron chi connectivity index (χ2n) is 14.7. The third kappa shape index (κ3) is 4.56. The third-order valence-corrected chi connectivity index (χ3v) is 13.1. The van der Waals surface area contributed by atoms with Gasteiger partial charge in [0.2, 0.25) is 0 Å². The fourth-order valence-corrected chi connectivity index (χ4v) is 10.9. The molecule has 0 nitrogen and oxygen atoms in total. The van der Waals surface area contributed by atoms with E-state index < -0.39 is 0 Å². The van der Waals surface area contributed by atoms with Gasteiger partial charge < -0.3 is 0 Å². The Labute approximate surface area is 218 Å². The van der Waals surface area contributed by atoms with Crippen LogP contribution in [-0.2, 0) is 0 Å². The molecular weight excluding hydrogens is 420 g/mol. The average molecular weight is 476 g/mol. The smallest absolute Gasteiger partial charge is 0.0159 e. The van der Waals surface area contributed by atoms with Gasteiger partial charge in [-0.3, -0.25) is 0 Å². The van der Waals surface area contributed by atoms with Crippen molar-refractivity contribution >= 4 is 0 Å². The Bertz CT molecular complexity index is 824. The highest BCUT2D eigenvalue weighted by Crippen LogP contribution is 2.69. The Hall–Kier alpha value is -0.780. The zero-order valence-corrected chi connectivity index (χ0v) is 24.0. The van der Waals surface area contributed by atoms with Gasteiger partial charge in [-0.2, -0.15) is 0 Å². The highest BCUT2D eigenvalue weighted by molar-refractivity contribution is 5.21. The zero-order chi connectivity index (χ0) is 24.8. The lowest BCUT2D eigenvalue weighted by atomic mass is 9.43. The molecule has 0 N–H and O–H groups in total. The molecule has 1 aromatic rings. The standard InChI is InChI=1S/C35H55/c1-7-26(24(2)3)14-13-25(4)31-17-18-32-30-16-15-29-23-28(27-11-9-8-10-12-27)19-21-34(29,5)33(30)20-22-35(31,32)6/h8-9,11-12,24-26,28-33H,7,13-23H2,1-6H3/t25-,26-,28?,29?,30?,31-,32?,33?,34+,35-/m1/s1. The summed E-state index contributed by atoms with van der Waals surface area (Å²) in [6.45, 7) is 15.4. The molecule has 10 atom stereocenters. The number of rotatable bonds is 7. The van der Waals surface area contributed by atoms with E-state index in [-0.39, 0.29) is 0 Å². The molecule has 0 saturated heterocycles. The minimum Gasteiger partial charge on any atom is -0.0651 e. The van der Waals surface area contributed by atoms with Gasteiger partial charge >= 0.3 is 0 Å². The molecule has 0 heterocycles. The maximum absolute atomic E-state index is 3.35. The largest absolute Gasteiger partial charge is 0.0651 e. The molecule has 0 amide bonds. The van der Waals surface area contributed by atoms with Crippen LogP contribution in [0.5, 0.6) is 0 Å². The molecule has 0 aliphatic heterocycles. The van der Waals surface area contributed by atoms with Gasteiger partial charge in [-0.15, -0.1) is 0 Å². The first-order valence-electron chi connectivity index (χ1n) is 15.7. The summed E-state index contributed by atoms with van der Waals surface area (Å²) in [7, 11) is 0. The van der Waals surface area contributed by atoms with Crippen molar-refractivity contribution in [2.45, 2.75) is 125 Å². The van der Waals surface area contributed by atoms with Crippen LogP contribution >= 0.6 is 0 Å². The van der Waals surface area contributed by atoms with Gasteiger partial charge in [0.15, 0.2) is 0 Å². The Morgan fingerprint density at radius 1 is 0.914 bits per heavy atom. The Morgan fingerprint density at radius 2 is 1.69 bits per heavy atom. The van der Waals surface area contributed by atoms with E-state index in [0.717, 1.165) is 53.3 Å². The SMILES string of the molecule is CC[C@H](CC[C@@H](C)[C@H]1CCC2C3CCC4CC(c5c[c]ccc5)CC[C@]4(C)C3CC[C@@]21C)C(C)C. The van der Waals surface area contributed by atoms with Gasteiger partial charge in [-0.05, 0) is 140 Å². The van der Waals surface area contributed by atoms with E-state index in [0.29, 0.717) is 10.8 Å². The maximum atomic E-state index is 3.35. The van der Waals surface area contributed by atoms with Crippen LogP contribution in [0, 0.1) is 64.2 Å². The van der Waals surface area contributed by atoms with Crippen LogP contribution < -0.4 is 0 Å². The van der Waals surface area contributed by atoms with E-state index in [1.54, 1.807) is 5.56 Å². The van der Waals surface area contributed by atoms with Gasteiger partial charge in [0, 0.05) is 0 Å². The van der Waals surface area contributed by atoms with E-state index >= 15 is 0 Å². The lowest BCUT2D eigenvalue weighted by Crippen LogP contribution is -2.53. The van der Waals surface area contributed by atoms with Crippen LogP contribution in [0.1, 0.15) is 130 Å². The first-order chi connectivity index (χ1) is 16.8. The topological polar surface area (TPSA) is 0 Å². The summed E-state index contributed by atoms with van der Waals surface area (Å²) in [5.74, 6) is 8.44. The predicted octanol–water partition coefficient (Wildman–Crippen LogP) is 10.3. The normalized spacial score (nSPS) is 42.7. The summed E-state index contributed by atoms with van der Waals surface area (Å²) in [4.78, 5) is 0. The summed E-state index contributed by atoms with van der Waals surface area (Å²) in [6, 6.07) is 12.2. The Kier molecular flexibility index (Phi) is 7.52. The van der Waals surface area contributed by atoms with E-state index in [1.807, 2.05) is 0 Å². The molecule has 0 heteroatoms. The maximum Gasteiger partial charge on any atom is -0.0159 e. The van der Waals surface area contributed by atoms with Crippen molar-refractivity contribution in [2.24, 2.45) is 58.2 Å². The van der Waals surface area contributed by atoms with Crippen molar-refractivity contribution in [3.05, 3.63) is 35.9 Å². The zero-order valence-electron chi connectivity index (χ0n) is 24.0. The molecule has 1 aromatic carbocycles. The van der Waals surface area contributed by atoms with Crippen LogP contribution in [0.25, 0.3) is 0 Å². The van der Waals surface area contributed by atoms with Gasteiger partial charge in [0.25, 0.3) is 0 Å². The summed E-state index contributed by atoms with van der Waals surface area (Å²) >= 11 is 0. The summed E-state index contributed by atoms with van der Waals surface area (Å²) < 4.78 is 0. The highest BCUT2D eigenvalue weighted by atomic mass is 14.6. The van der Waals surface area contributed by atoms with Crippen LogP contribution in [0.3, 0.4) is 0 Å². The van der Waals surface area contributed by atoms with Crippen molar-refractivity contribution in [3.63, 3.8) is 0 Å². The molecule has 0 bridgehead atoms.